The van der Waals surface area contributed by atoms with E-state index in [2.05, 4.69) is 37.4 Å². The highest BCUT2D eigenvalue weighted by atomic mass is 35.5. The Kier molecular flexibility index (Phi) is 3.32. The van der Waals surface area contributed by atoms with Gasteiger partial charge in [0.05, 0.1) is 0 Å². The van der Waals surface area contributed by atoms with Gasteiger partial charge in [0.15, 0.2) is 0 Å². The number of aryl methyl sites for hydroxylation is 1. The Bertz CT molecular complexity index is 348. The Hall–Kier alpha value is -0.530. The molecule has 1 saturated heterocycles. The molecule has 1 heterocycles. The van der Waals surface area contributed by atoms with Crippen LogP contribution in [0.15, 0.2) is 18.2 Å². The molecule has 1 aromatic rings. The third kappa shape index (κ3) is 2.35. The standard InChI is InChI=1S/C13H18ClN/c1-9-3-4-11(6-12(9)7-14)13-5-10(2)15-8-13/h3-4,6,10,13,15H,5,7-8H2,1-2H3. The van der Waals surface area contributed by atoms with E-state index in [4.69, 9.17) is 11.6 Å². The first-order chi connectivity index (χ1) is 7.20. The van der Waals surface area contributed by atoms with E-state index in [0.29, 0.717) is 17.8 Å². The van der Waals surface area contributed by atoms with Crippen molar-refractivity contribution in [3.63, 3.8) is 0 Å². The molecule has 2 heteroatoms. The maximum Gasteiger partial charge on any atom is 0.0476 e. The van der Waals surface area contributed by atoms with Crippen molar-refractivity contribution < 1.29 is 0 Å². The predicted molar refractivity (Wildman–Crippen MR) is 65.6 cm³/mol. The molecule has 0 spiro atoms. The van der Waals surface area contributed by atoms with Gasteiger partial charge in [0.1, 0.15) is 0 Å². The molecule has 0 amide bonds. The zero-order chi connectivity index (χ0) is 10.8. The molecule has 1 nitrogen and oxygen atoms in total. The smallest absolute Gasteiger partial charge is 0.0476 e. The van der Waals surface area contributed by atoms with Crippen LogP contribution in [0.5, 0.6) is 0 Å². The second kappa shape index (κ2) is 4.54. The van der Waals surface area contributed by atoms with Crippen LogP contribution in [0.2, 0.25) is 0 Å². The highest BCUT2D eigenvalue weighted by Gasteiger charge is 2.22. The zero-order valence-corrected chi connectivity index (χ0v) is 10.1. The van der Waals surface area contributed by atoms with E-state index in [1.54, 1.807) is 0 Å². The van der Waals surface area contributed by atoms with Gasteiger partial charge in [-0.05, 0) is 42.9 Å². The van der Waals surface area contributed by atoms with Gasteiger partial charge in [0.2, 0.25) is 0 Å². The molecule has 1 aromatic carbocycles. The summed E-state index contributed by atoms with van der Waals surface area (Å²) < 4.78 is 0. The van der Waals surface area contributed by atoms with E-state index in [1.165, 1.54) is 23.1 Å². The monoisotopic (exact) mass is 223 g/mol. The molecule has 0 aromatic heterocycles. The summed E-state index contributed by atoms with van der Waals surface area (Å²) in [6, 6.07) is 7.36. The summed E-state index contributed by atoms with van der Waals surface area (Å²) >= 11 is 5.92. The predicted octanol–water partition coefficient (Wildman–Crippen LogP) is 3.20. The Balaban J connectivity index is 2.21. The van der Waals surface area contributed by atoms with Gasteiger partial charge in [0, 0.05) is 18.5 Å². The number of hydrogen-bond acceptors (Lipinski definition) is 1. The van der Waals surface area contributed by atoms with Crippen molar-refractivity contribution in [2.75, 3.05) is 6.54 Å². The quantitative estimate of drug-likeness (QED) is 0.760. The van der Waals surface area contributed by atoms with E-state index < -0.39 is 0 Å². The molecule has 0 bridgehead atoms. The highest BCUT2D eigenvalue weighted by Crippen LogP contribution is 2.27. The SMILES string of the molecule is Cc1ccc(C2CNC(C)C2)cc1CCl. The minimum atomic E-state index is 0.620. The first-order valence-corrected chi connectivity index (χ1v) is 6.13. The maximum atomic E-state index is 5.92. The van der Waals surface area contributed by atoms with Crippen molar-refractivity contribution in [2.24, 2.45) is 0 Å². The molecule has 2 rings (SSSR count). The summed E-state index contributed by atoms with van der Waals surface area (Å²) in [7, 11) is 0. The molecule has 2 atom stereocenters. The van der Waals surface area contributed by atoms with Crippen LogP contribution < -0.4 is 5.32 Å². The van der Waals surface area contributed by atoms with Gasteiger partial charge >= 0.3 is 0 Å². The van der Waals surface area contributed by atoms with Crippen LogP contribution in [0.1, 0.15) is 36.0 Å². The second-order valence-electron chi connectivity index (χ2n) is 4.56. The summed E-state index contributed by atoms with van der Waals surface area (Å²) in [5.74, 6) is 1.29. The fraction of sp³-hybridized carbons (Fsp3) is 0.538. The van der Waals surface area contributed by atoms with Gasteiger partial charge in [-0.2, -0.15) is 0 Å². The van der Waals surface area contributed by atoms with Crippen LogP contribution in [0.4, 0.5) is 0 Å². The number of halogens is 1. The molecule has 1 N–H and O–H groups in total. The minimum Gasteiger partial charge on any atom is -0.314 e. The summed E-state index contributed by atoms with van der Waals surface area (Å²) in [6.07, 6.45) is 1.24. The Morgan fingerprint density at radius 3 is 2.87 bits per heavy atom. The molecule has 15 heavy (non-hydrogen) atoms. The van der Waals surface area contributed by atoms with Gasteiger partial charge in [-0.15, -0.1) is 11.6 Å². The Morgan fingerprint density at radius 2 is 2.27 bits per heavy atom. The van der Waals surface area contributed by atoms with Crippen LogP contribution >= 0.6 is 11.6 Å². The van der Waals surface area contributed by atoms with Gasteiger partial charge in [-0.25, -0.2) is 0 Å². The molecule has 1 fully saturated rings. The highest BCUT2D eigenvalue weighted by molar-refractivity contribution is 6.17. The topological polar surface area (TPSA) is 12.0 Å². The zero-order valence-electron chi connectivity index (χ0n) is 9.39. The fourth-order valence-electron chi connectivity index (χ4n) is 2.28. The summed E-state index contributed by atoms with van der Waals surface area (Å²) in [6.45, 7) is 5.47. The molecule has 1 aliphatic heterocycles. The number of nitrogens with one attached hydrogen (secondary N) is 1. The normalized spacial score (nSPS) is 25.8. The average Bonchev–Trinajstić information content (AvgIpc) is 2.66. The van der Waals surface area contributed by atoms with Crippen molar-refractivity contribution in [3.05, 3.63) is 34.9 Å². The molecule has 2 unspecified atom stereocenters. The summed E-state index contributed by atoms with van der Waals surface area (Å²) in [5.41, 5.74) is 4.01. The molecule has 0 radical (unpaired) electrons. The lowest BCUT2D eigenvalue weighted by molar-refractivity contribution is 0.658. The lowest BCUT2D eigenvalue weighted by Crippen LogP contribution is -2.16. The number of hydrogen-bond donors (Lipinski definition) is 1. The van der Waals surface area contributed by atoms with Crippen LogP contribution in [-0.4, -0.2) is 12.6 Å². The van der Waals surface area contributed by atoms with E-state index in [-0.39, 0.29) is 0 Å². The fourth-order valence-corrected chi connectivity index (χ4v) is 2.57. The number of benzene rings is 1. The van der Waals surface area contributed by atoms with E-state index >= 15 is 0 Å². The van der Waals surface area contributed by atoms with Crippen molar-refractivity contribution in [2.45, 2.75) is 38.1 Å². The lowest BCUT2D eigenvalue weighted by atomic mass is 9.94. The van der Waals surface area contributed by atoms with Crippen LogP contribution in [0.25, 0.3) is 0 Å². The summed E-state index contributed by atoms with van der Waals surface area (Å²) in [5, 5.41) is 3.49. The largest absolute Gasteiger partial charge is 0.314 e. The molecule has 0 aliphatic carbocycles. The van der Waals surface area contributed by atoms with Crippen molar-refractivity contribution in [1.82, 2.24) is 5.32 Å². The Labute approximate surface area is 96.8 Å². The van der Waals surface area contributed by atoms with E-state index in [9.17, 15) is 0 Å². The average molecular weight is 224 g/mol. The molecule has 1 aliphatic rings. The van der Waals surface area contributed by atoms with E-state index in [0.717, 1.165) is 6.54 Å². The number of alkyl halides is 1. The van der Waals surface area contributed by atoms with Crippen molar-refractivity contribution in [3.8, 4) is 0 Å². The second-order valence-corrected chi connectivity index (χ2v) is 4.83. The summed E-state index contributed by atoms with van der Waals surface area (Å²) in [4.78, 5) is 0. The van der Waals surface area contributed by atoms with Gasteiger partial charge in [-0.1, -0.05) is 18.2 Å². The Morgan fingerprint density at radius 1 is 1.47 bits per heavy atom. The minimum absolute atomic E-state index is 0.620. The molecule has 82 valence electrons. The maximum absolute atomic E-state index is 5.92. The van der Waals surface area contributed by atoms with Gasteiger partial charge in [-0.3, -0.25) is 0 Å². The van der Waals surface area contributed by atoms with Crippen molar-refractivity contribution in [1.29, 1.82) is 0 Å². The van der Waals surface area contributed by atoms with Crippen LogP contribution in [0, 0.1) is 6.92 Å². The first-order valence-electron chi connectivity index (χ1n) is 5.59. The first kappa shape index (κ1) is 11.0. The van der Waals surface area contributed by atoms with Gasteiger partial charge < -0.3 is 5.32 Å². The third-order valence-corrected chi connectivity index (χ3v) is 3.63. The number of rotatable bonds is 2. The van der Waals surface area contributed by atoms with Crippen molar-refractivity contribution >= 4 is 11.6 Å². The lowest BCUT2D eigenvalue weighted by Gasteiger charge is -2.11. The van der Waals surface area contributed by atoms with Gasteiger partial charge in [0.25, 0.3) is 0 Å². The molecular weight excluding hydrogens is 206 g/mol. The molecule has 0 saturated carbocycles. The van der Waals surface area contributed by atoms with Crippen LogP contribution in [-0.2, 0) is 5.88 Å². The van der Waals surface area contributed by atoms with Crippen LogP contribution in [0.3, 0.4) is 0 Å². The van der Waals surface area contributed by atoms with E-state index in [1.807, 2.05) is 0 Å². The molecular formula is C13H18ClN. The third-order valence-electron chi connectivity index (χ3n) is 3.34.